The van der Waals surface area contributed by atoms with Crippen LogP contribution in [0.15, 0.2) is 23.8 Å². The molecule has 0 fully saturated rings. The molecule has 0 unspecified atom stereocenters. The van der Waals surface area contributed by atoms with Crippen LogP contribution in [0.25, 0.3) is 0 Å². The second-order valence-corrected chi connectivity index (χ2v) is 4.60. The van der Waals surface area contributed by atoms with Crippen LogP contribution in [0, 0.1) is 0 Å². The van der Waals surface area contributed by atoms with E-state index in [1.165, 1.54) is 38.5 Å². The van der Waals surface area contributed by atoms with Crippen LogP contribution in [0.1, 0.15) is 65.7 Å². The molecule has 0 aliphatic carbocycles. The summed E-state index contributed by atoms with van der Waals surface area (Å²) in [4.78, 5) is 11.3. The van der Waals surface area contributed by atoms with Crippen LogP contribution in [0.5, 0.6) is 0 Å². The van der Waals surface area contributed by atoms with Crippen LogP contribution in [0.4, 0.5) is 0 Å². The Labute approximate surface area is 112 Å². The van der Waals surface area contributed by atoms with E-state index in [9.17, 15) is 4.79 Å². The minimum atomic E-state index is -0.221. The zero-order valence-electron chi connectivity index (χ0n) is 12.2. The number of hydrogen-bond acceptors (Lipinski definition) is 2. The topological polar surface area (TPSA) is 26.3 Å². The molecule has 0 radical (unpaired) electrons. The lowest BCUT2D eigenvalue weighted by molar-refractivity contribution is -0.137. The van der Waals surface area contributed by atoms with E-state index in [4.69, 9.17) is 4.74 Å². The van der Waals surface area contributed by atoms with Crippen LogP contribution in [0.2, 0.25) is 0 Å². The van der Waals surface area contributed by atoms with Gasteiger partial charge in [-0.3, -0.25) is 0 Å². The van der Waals surface area contributed by atoms with Crippen molar-refractivity contribution in [1.29, 1.82) is 0 Å². The van der Waals surface area contributed by atoms with Gasteiger partial charge in [0.1, 0.15) is 6.61 Å². The molecule has 0 aliphatic heterocycles. The lowest BCUT2D eigenvalue weighted by Gasteiger charge is -2.00. The average Bonchev–Trinajstić information content (AvgIpc) is 2.39. The summed E-state index contributed by atoms with van der Waals surface area (Å²) in [5.74, 6) is -0.221. The Morgan fingerprint density at radius 3 is 2.39 bits per heavy atom. The Balaban J connectivity index is 3.36. The molecule has 104 valence electrons. The third-order valence-electron chi connectivity index (χ3n) is 2.96. The van der Waals surface area contributed by atoms with E-state index in [1.807, 2.05) is 13.0 Å². The Morgan fingerprint density at radius 1 is 1.06 bits per heavy atom. The molecule has 2 heteroatoms. The van der Waals surface area contributed by atoms with Gasteiger partial charge in [0, 0.05) is 5.57 Å². The minimum absolute atomic E-state index is 0.221. The van der Waals surface area contributed by atoms with Crippen molar-refractivity contribution in [3.05, 3.63) is 23.8 Å². The number of hydrogen-bond donors (Lipinski definition) is 0. The van der Waals surface area contributed by atoms with Gasteiger partial charge in [0.15, 0.2) is 0 Å². The van der Waals surface area contributed by atoms with Gasteiger partial charge < -0.3 is 4.74 Å². The Kier molecular flexibility index (Phi) is 11.7. The molecule has 0 N–H and O–H groups in total. The molecule has 0 heterocycles. The van der Waals surface area contributed by atoms with Gasteiger partial charge in [-0.15, -0.1) is 0 Å². The Hall–Kier alpha value is -1.05. The van der Waals surface area contributed by atoms with E-state index in [1.54, 1.807) is 13.0 Å². The van der Waals surface area contributed by atoms with Crippen molar-refractivity contribution in [1.82, 2.24) is 0 Å². The van der Waals surface area contributed by atoms with Gasteiger partial charge in [0.2, 0.25) is 0 Å². The number of carbonyl (C=O) groups is 1. The maximum Gasteiger partial charge on any atom is 0.333 e. The van der Waals surface area contributed by atoms with Crippen LogP contribution in [-0.2, 0) is 9.53 Å². The smallest absolute Gasteiger partial charge is 0.333 e. The van der Waals surface area contributed by atoms with Gasteiger partial charge in [-0.25, -0.2) is 4.79 Å². The van der Waals surface area contributed by atoms with Crippen molar-refractivity contribution in [2.24, 2.45) is 0 Å². The summed E-state index contributed by atoms with van der Waals surface area (Å²) in [5, 5.41) is 0. The Morgan fingerprint density at radius 2 is 1.72 bits per heavy atom. The quantitative estimate of drug-likeness (QED) is 0.241. The molecule has 0 atom stereocenters. The normalized spacial score (nSPS) is 12.1. The third-order valence-corrected chi connectivity index (χ3v) is 2.96. The summed E-state index contributed by atoms with van der Waals surface area (Å²) in [6, 6.07) is 0. The van der Waals surface area contributed by atoms with E-state index >= 15 is 0 Å². The van der Waals surface area contributed by atoms with Crippen molar-refractivity contribution < 1.29 is 9.53 Å². The molecule has 0 aromatic heterocycles. The SMILES string of the molecule is C/C=C(\C)C(=O)OC/C=C/CCCCCCCC. The number of ether oxygens (including phenoxy) is 1. The lowest BCUT2D eigenvalue weighted by Crippen LogP contribution is -2.05. The van der Waals surface area contributed by atoms with Crippen LogP contribution in [-0.4, -0.2) is 12.6 Å². The fourth-order valence-electron chi connectivity index (χ4n) is 1.58. The van der Waals surface area contributed by atoms with Gasteiger partial charge in [-0.2, -0.15) is 0 Å². The number of unbranched alkanes of at least 4 members (excludes halogenated alkanes) is 6. The van der Waals surface area contributed by atoms with Crippen molar-refractivity contribution in [3.8, 4) is 0 Å². The molecule has 0 rings (SSSR count). The van der Waals surface area contributed by atoms with E-state index in [0.29, 0.717) is 12.2 Å². The molecule has 0 saturated heterocycles. The molecule has 2 nitrogen and oxygen atoms in total. The first-order chi connectivity index (χ1) is 8.72. The molecule has 18 heavy (non-hydrogen) atoms. The van der Waals surface area contributed by atoms with E-state index in [0.717, 1.165) is 6.42 Å². The van der Waals surface area contributed by atoms with Crippen LogP contribution < -0.4 is 0 Å². The zero-order chi connectivity index (χ0) is 13.6. The predicted molar refractivity (Wildman–Crippen MR) is 77.5 cm³/mol. The molecule has 0 saturated carbocycles. The highest BCUT2D eigenvalue weighted by atomic mass is 16.5. The first-order valence-corrected chi connectivity index (χ1v) is 7.17. The molecule has 0 aromatic rings. The monoisotopic (exact) mass is 252 g/mol. The Bertz CT molecular complexity index is 264. The van der Waals surface area contributed by atoms with Crippen molar-refractivity contribution in [2.75, 3.05) is 6.61 Å². The van der Waals surface area contributed by atoms with Gasteiger partial charge in [-0.1, -0.05) is 57.3 Å². The first-order valence-electron chi connectivity index (χ1n) is 7.17. The average molecular weight is 252 g/mol. The second-order valence-electron chi connectivity index (χ2n) is 4.60. The van der Waals surface area contributed by atoms with Gasteiger partial charge in [0.05, 0.1) is 0 Å². The van der Waals surface area contributed by atoms with E-state index in [-0.39, 0.29) is 5.97 Å². The molecule has 0 spiro atoms. The zero-order valence-corrected chi connectivity index (χ0v) is 12.2. The van der Waals surface area contributed by atoms with Gasteiger partial charge >= 0.3 is 5.97 Å². The lowest BCUT2D eigenvalue weighted by atomic mass is 10.1. The van der Waals surface area contributed by atoms with Crippen molar-refractivity contribution >= 4 is 5.97 Å². The molecule has 0 aliphatic rings. The summed E-state index contributed by atoms with van der Waals surface area (Å²) < 4.78 is 5.06. The number of rotatable bonds is 10. The number of allylic oxidation sites excluding steroid dienone is 2. The fraction of sp³-hybridized carbons (Fsp3) is 0.688. The highest BCUT2D eigenvalue weighted by Gasteiger charge is 2.01. The van der Waals surface area contributed by atoms with Crippen molar-refractivity contribution in [2.45, 2.75) is 65.7 Å². The van der Waals surface area contributed by atoms with Gasteiger partial charge in [-0.05, 0) is 26.7 Å². The summed E-state index contributed by atoms with van der Waals surface area (Å²) in [6.45, 7) is 6.23. The molecular weight excluding hydrogens is 224 g/mol. The standard InChI is InChI=1S/C16H28O2/c1-4-6-7-8-9-10-11-12-13-14-18-16(17)15(3)5-2/h5,12-13H,4,6-11,14H2,1-3H3/b13-12+,15-5+. The molecule has 0 amide bonds. The predicted octanol–water partition coefficient (Wildman–Crippen LogP) is 4.80. The largest absolute Gasteiger partial charge is 0.458 e. The maximum absolute atomic E-state index is 11.3. The van der Waals surface area contributed by atoms with Crippen molar-refractivity contribution in [3.63, 3.8) is 0 Å². The molecular formula is C16H28O2. The third kappa shape index (κ3) is 10.1. The highest BCUT2D eigenvalue weighted by molar-refractivity contribution is 5.87. The van der Waals surface area contributed by atoms with Gasteiger partial charge in [0.25, 0.3) is 0 Å². The molecule has 0 aromatic carbocycles. The maximum atomic E-state index is 11.3. The summed E-state index contributed by atoms with van der Waals surface area (Å²) in [7, 11) is 0. The summed E-state index contributed by atoms with van der Waals surface area (Å²) in [6.07, 6.45) is 14.8. The van der Waals surface area contributed by atoms with Crippen LogP contribution >= 0.6 is 0 Å². The first kappa shape index (κ1) is 16.9. The number of carbonyl (C=O) groups excluding carboxylic acids is 1. The van der Waals surface area contributed by atoms with Crippen LogP contribution in [0.3, 0.4) is 0 Å². The summed E-state index contributed by atoms with van der Waals surface area (Å²) >= 11 is 0. The highest BCUT2D eigenvalue weighted by Crippen LogP contribution is 2.07. The summed E-state index contributed by atoms with van der Waals surface area (Å²) in [5.41, 5.74) is 0.666. The van der Waals surface area contributed by atoms with E-state index in [2.05, 4.69) is 13.0 Å². The minimum Gasteiger partial charge on any atom is -0.458 e. The van der Waals surface area contributed by atoms with E-state index < -0.39 is 0 Å². The fourth-order valence-corrected chi connectivity index (χ4v) is 1.58. The molecule has 0 bridgehead atoms. The number of esters is 1. The second kappa shape index (κ2) is 12.4.